The van der Waals surface area contributed by atoms with Gasteiger partial charge in [-0.05, 0) is 76.5 Å². The first-order chi connectivity index (χ1) is 21.8. The molecule has 0 amide bonds. The number of ether oxygens (including phenoxy) is 3. The standard InChI is InChI=1S/C35H28BrFN2O5S/c1-4-43-34(41)31-20(2)38-35-39(32(31)22-14-16-29(42-3)26(36)17-22)33(40)30(45-35)18-25-24-11-7-5-9-21(24)13-15-28(25)44-19-23-10-6-8-12-27(23)37/h5-18,32H,4,19H2,1-3H3/b30-18+/t32-/m1/s1. The van der Waals surface area contributed by atoms with Gasteiger partial charge in [0, 0.05) is 11.1 Å². The highest BCUT2D eigenvalue weighted by atomic mass is 79.9. The maximum Gasteiger partial charge on any atom is 0.338 e. The molecule has 5 aromatic rings. The van der Waals surface area contributed by atoms with Crippen LogP contribution in [0.4, 0.5) is 4.39 Å². The molecule has 1 aromatic heterocycles. The number of methoxy groups -OCH3 is 1. The van der Waals surface area contributed by atoms with E-state index in [1.54, 1.807) is 51.3 Å². The van der Waals surface area contributed by atoms with Crippen LogP contribution in [0.5, 0.6) is 11.5 Å². The van der Waals surface area contributed by atoms with Crippen molar-refractivity contribution in [3.05, 3.63) is 137 Å². The Labute approximate surface area is 270 Å². The lowest BCUT2D eigenvalue weighted by Gasteiger charge is -2.25. The number of aromatic nitrogens is 1. The molecule has 0 N–H and O–H groups in total. The van der Waals surface area contributed by atoms with Crippen LogP contribution >= 0.6 is 27.3 Å². The van der Waals surface area contributed by atoms with Gasteiger partial charge in [-0.2, -0.15) is 0 Å². The molecule has 1 aliphatic rings. The van der Waals surface area contributed by atoms with Crippen molar-refractivity contribution in [2.24, 2.45) is 4.99 Å². The van der Waals surface area contributed by atoms with Crippen LogP contribution in [0.1, 0.15) is 36.6 Å². The van der Waals surface area contributed by atoms with Gasteiger partial charge < -0.3 is 14.2 Å². The van der Waals surface area contributed by atoms with Crippen LogP contribution in [0.15, 0.2) is 104 Å². The topological polar surface area (TPSA) is 79.1 Å². The van der Waals surface area contributed by atoms with Crippen molar-refractivity contribution in [3.8, 4) is 11.5 Å². The van der Waals surface area contributed by atoms with Crippen molar-refractivity contribution in [1.29, 1.82) is 0 Å². The molecular formula is C35H28BrFN2O5S. The van der Waals surface area contributed by atoms with Gasteiger partial charge >= 0.3 is 5.97 Å². The monoisotopic (exact) mass is 686 g/mol. The van der Waals surface area contributed by atoms with Gasteiger partial charge in [0.1, 0.15) is 23.9 Å². The Balaban J connectivity index is 1.54. The van der Waals surface area contributed by atoms with Gasteiger partial charge in [-0.25, -0.2) is 14.2 Å². The first kappa shape index (κ1) is 30.5. The number of esters is 1. The summed E-state index contributed by atoms with van der Waals surface area (Å²) in [6.45, 7) is 3.67. The predicted molar refractivity (Wildman–Crippen MR) is 176 cm³/mol. The maximum absolute atomic E-state index is 14.4. The minimum absolute atomic E-state index is 0.0154. The number of halogens is 2. The molecule has 228 valence electrons. The van der Waals surface area contributed by atoms with Gasteiger partial charge in [-0.1, -0.05) is 65.9 Å². The molecule has 1 aliphatic heterocycles. The van der Waals surface area contributed by atoms with E-state index in [2.05, 4.69) is 20.9 Å². The molecule has 0 saturated heterocycles. The number of nitrogens with zero attached hydrogens (tertiary/aromatic N) is 2. The number of rotatable bonds is 8. The Morgan fingerprint density at radius 2 is 1.82 bits per heavy atom. The summed E-state index contributed by atoms with van der Waals surface area (Å²) in [4.78, 5) is 32.7. The Bertz CT molecular complexity index is 2170. The van der Waals surface area contributed by atoms with Crippen LogP contribution in [-0.4, -0.2) is 24.3 Å². The van der Waals surface area contributed by atoms with Crippen molar-refractivity contribution in [3.63, 3.8) is 0 Å². The summed E-state index contributed by atoms with van der Waals surface area (Å²) in [5.41, 5.74) is 2.22. The predicted octanol–water partition coefficient (Wildman–Crippen LogP) is 6.44. The molecule has 0 radical (unpaired) electrons. The molecule has 0 saturated carbocycles. The second-order valence-corrected chi connectivity index (χ2v) is 12.1. The summed E-state index contributed by atoms with van der Waals surface area (Å²) >= 11 is 4.76. The minimum atomic E-state index is -0.783. The van der Waals surface area contributed by atoms with Gasteiger partial charge in [0.15, 0.2) is 4.80 Å². The van der Waals surface area contributed by atoms with E-state index in [0.29, 0.717) is 47.7 Å². The van der Waals surface area contributed by atoms with Crippen LogP contribution in [-0.2, 0) is 16.1 Å². The molecule has 7 nitrogen and oxygen atoms in total. The Kier molecular flexibility index (Phi) is 8.69. The van der Waals surface area contributed by atoms with Crippen molar-refractivity contribution in [1.82, 2.24) is 4.57 Å². The number of carbonyl (C=O) groups excluding carboxylic acids is 1. The van der Waals surface area contributed by atoms with Crippen LogP contribution in [0.25, 0.3) is 16.8 Å². The summed E-state index contributed by atoms with van der Waals surface area (Å²) in [7, 11) is 1.57. The Morgan fingerprint density at radius 3 is 2.58 bits per heavy atom. The number of hydrogen-bond acceptors (Lipinski definition) is 7. The third-order valence-electron chi connectivity index (χ3n) is 7.56. The first-order valence-electron chi connectivity index (χ1n) is 14.2. The van der Waals surface area contributed by atoms with Crippen LogP contribution < -0.4 is 24.4 Å². The lowest BCUT2D eigenvalue weighted by atomic mass is 9.96. The van der Waals surface area contributed by atoms with Crippen LogP contribution in [0, 0.1) is 5.82 Å². The third-order valence-corrected chi connectivity index (χ3v) is 9.16. The number of allylic oxidation sites excluding steroid dienone is 1. The van der Waals surface area contributed by atoms with Gasteiger partial charge in [-0.15, -0.1) is 0 Å². The number of fused-ring (bicyclic) bond motifs is 2. The van der Waals surface area contributed by atoms with E-state index < -0.39 is 12.0 Å². The highest BCUT2D eigenvalue weighted by molar-refractivity contribution is 9.10. The molecule has 4 aromatic carbocycles. The largest absolute Gasteiger partial charge is 0.496 e. The molecule has 10 heteroatoms. The molecule has 0 spiro atoms. The lowest BCUT2D eigenvalue weighted by molar-refractivity contribution is -0.139. The van der Waals surface area contributed by atoms with Gasteiger partial charge in [0.25, 0.3) is 5.56 Å². The molecule has 0 aliphatic carbocycles. The quantitative estimate of drug-likeness (QED) is 0.176. The van der Waals surface area contributed by atoms with Crippen molar-refractivity contribution in [2.75, 3.05) is 13.7 Å². The maximum atomic E-state index is 14.4. The number of hydrogen-bond donors (Lipinski definition) is 0. The van der Waals surface area contributed by atoms with E-state index in [1.807, 2.05) is 48.5 Å². The van der Waals surface area contributed by atoms with Gasteiger partial charge in [-0.3, -0.25) is 9.36 Å². The minimum Gasteiger partial charge on any atom is -0.496 e. The van der Waals surface area contributed by atoms with Crippen molar-refractivity contribution >= 4 is 50.1 Å². The molecule has 1 atom stereocenters. The molecule has 2 heterocycles. The smallest absolute Gasteiger partial charge is 0.338 e. The third kappa shape index (κ3) is 5.83. The zero-order chi connectivity index (χ0) is 31.7. The number of thiazole rings is 1. The zero-order valence-electron chi connectivity index (χ0n) is 24.7. The summed E-state index contributed by atoms with van der Waals surface area (Å²) in [6, 6.07) is 22.7. The molecule has 45 heavy (non-hydrogen) atoms. The first-order valence-corrected chi connectivity index (χ1v) is 15.8. The number of benzene rings is 4. The SMILES string of the molecule is CCOC(=O)C1=C(C)N=c2s/c(=C/c3c(OCc4ccccc4F)ccc4ccccc34)c(=O)n2[C@@H]1c1ccc(OC)c(Br)c1. The van der Waals surface area contributed by atoms with E-state index in [4.69, 9.17) is 14.2 Å². The van der Waals surface area contributed by atoms with Crippen LogP contribution in [0.2, 0.25) is 0 Å². The summed E-state index contributed by atoms with van der Waals surface area (Å²) in [5.74, 6) is 0.221. The van der Waals surface area contributed by atoms with E-state index in [9.17, 15) is 14.0 Å². The highest BCUT2D eigenvalue weighted by Gasteiger charge is 2.33. The molecule has 0 unspecified atom stereocenters. The molecular weight excluding hydrogens is 659 g/mol. The summed E-state index contributed by atoms with van der Waals surface area (Å²) in [5, 5.41) is 1.82. The van der Waals surface area contributed by atoms with Crippen molar-refractivity contribution in [2.45, 2.75) is 26.5 Å². The Morgan fingerprint density at radius 1 is 1.07 bits per heavy atom. The van der Waals surface area contributed by atoms with E-state index in [-0.39, 0.29) is 30.2 Å². The molecule has 0 bridgehead atoms. The average Bonchev–Trinajstić information content (AvgIpc) is 3.34. The lowest BCUT2D eigenvalue weighted by Crippen LogP contribution is -2.40. The van der Waals surface area contributed by atoms with Crippen molar-refractivity contribution < 1.29 is 23.4 Å². The van der Waals surface area contributed by atoms with Gasteiger partial charge in [0.2, 0.25) is 0 Å². The zero-order valence-corrected chi connectivity index (χ0v) is 27.1. The fourth-order valence-corrected chi connectivity index (χ4v) is 7.00. The fraction of sp³-hybridized carbons (Fsp3) is 0.171. The summed E-state index contributed by atoms with van der Waals surface area (Å²) in [6.07, 6.45) is 1.78. The fourth-order valence-electron chi connectivity index (χ4n) is 5.41. The second kappa shape index (κ2) is 12.8. The molecule has 6 rings (SSSR count). The van der Waals surface area contributed by atoms with E-state index in [0.717, 1.165) is 10.8 Å². The summed E-state index contributed by atoms with van der Waals surface area (Å²) < 4.78 is 34.0. The average molecular weight is 688 g/mol. The normalized spacial score (nSPS) is 14.7. The second-order valence-electron chi connectivity index (χ2n) is 10.3. The van der Waals surface area contributed by atoms with E-state index in [1.165, 1.54) is 22.0 Å². The Hall–Kier alpha value is -4.54. The van der Waals surface area contributed by atoms with Crippen LogP contribution in [0.3, 0.4) is 0 Å². The van der Waals surface area contributed by atoms with E-state index >= 15 is 0 Å². The molecule has 0 fully saturated rings. The highest BCUT2D eigenvalue weighted by Crippen LogP contribution is 2.35. The van der Waals surface area contributed by atoms with Gasteiger partial charge in [0.05, 0.1) is 40.0 Å². The number of carbonyl (C=O) groups is 1.